The summed E-state index contributed by atoms with van der Waals surface area (Å²) in [4.78, 5) is 36.9. The highest BCUT2D eigenvalue weighted by molar-refractivity contribution is 6.09. The number of carbonyl (C=O) groups is 2. The topological polar surface area (TPSA) is 117 Å². The molecular weight excluding hydrogens is 444 g/mol. The number of amides is 2. The maximum absolute atomic E-state index is 13.8. The lowest BCUT2D eigenvalue weighted by atomic mass is 10.0. The molecule has 1 atom stereocenters. The number of aromatic amines is 1. The van der Waals surface area contributed by atoms with Crippen LogP contribution in [0.5, 0.6) is 0 Å². The van der Waals surface area contributed by atoms with Crippen LogP contribution in [0.2, 0.25) is 0 Å². The molecular formula is C26H22N6O3. The number of rotatable bonds is 7. The van der Waals surface area contributed by atoms with Gasteiger partial charge >= 0.3 is 0 Å². The molecule has 0 aliphatic carbocycles. The lowest BCUT2D eigenvalue weighted by Crippen LogP contribution is -2.44. The molecule has 9 nitrogen and oxygen atoms in total. The fourth-order valence-corrected chi connectivity index (χ4v) is 4.02. The Balaban J connectivity index is 1.61. The third kappa shape index (κ3) is 4.51. The third-order valence-corrected chi connectivity index (χ3v) is 5.71. The molecule has 3 aromatic heterocycles. The van der Waals surface area contributed by atoms with Gasteiger partial charge in [0.25, 0.3) is 5.91 Å². The molecule has 2 aromatic carbocycles. The van der Waals surface area contributed by atoms with Crippen molar-refractivity contribution >= 4 is 28.4 Å². The van der Waals surface area contributed by atoms with E-state index in [-0.39, 0.29) is 11.7 Å². The Morgan fingerprint density at radius 3 is 2.60 bits per heavy atom. The van der Waals surface area contributed by atoms with E-state index in [1.54, 1.807) is 30.7 Å². The highest BCUT2D eigenvalue weighted by atomic mass is 16.3. The summed E-state index contributed by atoms with van der Waals surface area (Å²) in [7, 11) is 0. The van der Waals surface area contributed by atoms with Crippen LogP contribution in [0.1, 0.15) is 33.3 Å². The number of hydrogen-bond donors (Lipinski definition) is 2. The normalized spacial score (nSPS) is 11.8. The molecule has 0 saturated carbocycles. The lowest BCUT2D eigenvalue weighted by molar-refractivity contribution is -0.122. The van der Waals surface area contributed by atoms with Gasteiger partial charge in [-0.3, -0.25) is 24.6 Å². The molecule has 3 heterocycles. The van der Waals surface area contributed by atoms with E-state index in [0.717, 1.165) is 22.0 Å². The van der Waals surface area contributed by atoms with Crippen LogP contribution in [0.25, 0.3) is 10.9 Å². The van der Waals surface area contributed by atoms with Crippen molar-refractivity contribution in [1.82, 2.24) is 25.5 Å². The molecule has 0 bridgehead atoms. The second kappa shape index (κ2) is 9.60. The molecule has 5 aromatic rings. The second-order valence-electron chi connectivity index (χ2n) is 8.02. The van der Waals surface area contributed by atoms with Crippen molar-refractivity contribution in [2.45, 2.75) is 19.5 Å². The highest BCUT2D eigenvalue weighted by Gasteiger charge is 2.35. The monoisotopic (exact) mass is 466 g/mol. The Bertz CT molecular complexity index is 1450. The van der Waals surface area contributed by atoms with Crippen LogP contribution in [-0.4, -0.2) is 32.0 Å². The Morgan fingerprint density at radius 2 is 1.86 bits per heavy atom. The summed E-state index contributed by atoms with van der Waals surface area (Å²) in [5.41, 5.74) is 3.80. The number of oxazole rings is 1. The number of H-pyrrole nitrogens is 1. The highest BCUT2D eigenvalue weighted by Crippen LogP contribution is 2.33. The molecule has 1 unspecified atom stereocenters. The van der Waals surface area contributed by atoms with Crippen molar-refractivity contribution in [2.75, 3.05) is 4.90 Å². The van der Waals surface area contributed by atoms with Crippen molar-refractivity contribution in [1.29, 1.82) is 0 Å². The number of carbonyl (C=O) groups excluding carboxylic acids is 2. The van der Waals surface area contributed by atoms with Crippen LogP contribution in [-0.2, 0) is 11.3 Å². The average molecular weight is 467 g/mol. The van der Waals surface area contributed by atoms with Gasteiger partial charge in [0.1, 0.15) is 6.04 Å². The second-order valence-corrected chi connectivity index (χ2v) is 8.02. The molecule has 2 amide bonds. The molecule has 35 heavy (non-hydrogen) atoms. The van der Waals surface area contributed by atoms with Crippen LogP contribution in [0, 0.1) is 6.92 Å². The van der Waals surface area contributed by atoms with Crippen LogP contribution >= 0.6 is 0 Å². The summed E-state index contributed by atoms with van der Waals surface area (Å²) in [6, 6.07) is 15.7. The zero-order valence-electron chi connectivity index (χ0n) is 18.9. The Hall–Kier alpha value is -4.79. The summed E-state index contributed by atoms with van der Waals surface area (Å²) >= 11 is 0. The Kier molecular flexibility index (Phi) is 6.04. The van der Waals surface area contributed by atoms with Gasteiger partial charge in [0, 0.05) is 30.0 Å². The van der Waals surface area contributed by atoms with Gasteiger partial charge < -0.3 is 9.73 Å². The van der Waals surface area contributed by atoms with E-state index in [1.165, 1.54) is 17.5 Å². The molecule has 9 heteroatoms. The van der Waals surface area contributed by atoms with Crippen LogP contribution in [0.3, 0.4) is 0 Å². The molecule has 2 N–H and O–H groups in total. The Labute approximate surface area is 200 Å². The van der Waals surface area contributed by atoms with Crippen molar-refractivity contribution < 1.29 is 14.0 Å². The average Bonchev–Trinajstić information content (AvgIpc) is 3.59. The smallest absolute Gasteiger partial charge is 0.296 e. The molecule has 0 aliphatic heterocycles. The summed E-state index contributed by atoms with van der Waals surface area (Å²) in [5.74, 6) is -0.830. The Morgan fingerprint density at radius 1 is 1.06 bits per heavy atom. The minimum atomic E-state index is -0.997. The molecule has 0 radical (unpaired) electrons. The maximum atomic E-state index is 13.8. The van der Waals surface area contributed by atoms with E-state index < -0.39 is 11.9 Å². The van der Waals surface area contributed by atoms with Crippen LogP contribution < -0.4 is 10.2 Å². The van der Waals surface area contributed by atoms with Gasteiger partial charge in [-0.2, -0.15) is 5.10 Å². The number of pyridine rings is 1. The SMILES string of the molecule is Cc1cc(N(C(=O)c2cnco2)C(C(=O)NCc2ccccc2)c2ccncc2)cc2cn[nH]c12. The standard InChI is InChI=1S/C26H22N6O3/c1-17-11-21(12-20-14-30-31-23(17)20)32(26(34)22-15-28-16-35-22)24(19-7-9-27-10-8-19)25(33)29-13-18-5-3-2-4-6-18/h2-12,14-16,24H,13H2,1H3,(H,29,33)(H,30,31). The maximum Gasteiger partial charge on any atom is 0.296 e. The van der Waals surface area contributed by atoms with Crippen LogP contribution in [0.15, 0.2) is 90.2 Å². The molecule has 5 rings (SSSR count). The first-order chi connectivity index (χ1) is 17.1. The number of nitrogens with one attached hydrogen (secondary N) is 2. The van der Waals surface area contributed by atoms with Gasteiger partial charge in [-0.25, -0.2) is 4.98 Å². The number of benzene rings is 2. The van der Waals surface area contributed by atoms with Gasteiger partial charge in [-0.15, -0.1) is 0 Å². The predicted molar refractivity (Wildman–Crippen MR) is 129 cm³/mol. The minimum Gasteiger partial charge on any atom is -0.438 e. The number of anilines is 1. The minimum absolute atomic E-state index is 0.0184. The van der Waals surface area contributed by atoms with Gasteiger partial charge in [-0.1, -0.05) is 30.3 Å². The number of fused-ring (bicyclic) bond motifs is 1. The molecule has 0 aliphatic rings. The van der Waals surface area contributed by atoms with E-state index >= 15 is 0 Å². The number of nitrogens with zero attached hydrogens (tertiary/aromatic N) is 4. The van der Waals surface area contributed by atoms with E-state index in [1.807, 2.05) is 49.4 Å². The van der Waals surface area contributed by atoms with Gasteiger partial charge in [0.2, 0.25) is 11.7 Å². The summed E-state index contributed by atoms with van der Waals surface area (Å²) in [6.07, 6.45) is 7.39. The molecule has 0 fully saturated rings. The van der Waals surface area contributed by atoms with Crippen molar-refractivity contribution in [3.63, 3.8) is 0 Å². The first-order valence-corrected chi connectivity index (χ1v) is 11.0. The quantitative estimate of drug-likeness (QED) is 0.375. The fraction of sp³-hybridized carbons (Fsp3) is 0.115. The molecule has 0 saturated heterocycles. The van der Waals surface area contributed by atoms with E-state index in [4.69, 9.17) is 4.42 Å². The summed E-state index contributed by atoms with van der Waals surface area (Å²) < 4.78 is 5.33. The van der Waals surface area contributed by atoms with E-state index in [9.17, 15) is 9.59 Å². The zero-order valence-corrected chi connectivity index (χ0v) is 18.9. The molecule has 0 spiro atoms. The summed E-state index contributed by atoms with van der Waals surface area (Å²) in [6.45, 7) is 2.23. The zero-order chi connectivity index (χ0) is 24.2. The predicted octanol–water partition coefficient (Wildman–Crippen LogP) is 3.96. The van der Waals surface area contributed by atoms with Crippen molar-refractivity contribution in [2.24, 2.45) is 0 Å². The summed E-state index contributed by atoms with van der Waals surface area (Å²) in [5, 5.41) is 10.9. The third-order valence-electron chi connectivity index (χ3n) is 5.71. The first-order valence-electron chi connectivity index (χ1n) is 11.0. The number of hydrogen-bond acceptors (Lipinski definition) is 6. The number of aromatic nitrogens is 4. The van der Waals surface area contributed by atoms with Gasteiger partial charge in [0.05, 0.1) is 17.9 Å². The van der Waals surface area contributed by atoms with E-state index in [2.05, 4.69) is 25.5 Å². The number of aryl methyl sites for hydroxylation is 1. The van der Waals surface area contributed by atoms with E-state index in [0.29, 0.717) is 17.8 Å². The van der Waals surface area contributed by atoms with Gasteiger partial charge in [-0.05, 0) is 47.9 Å². The van der Waals surface area contributed by atoms with Crippen molar-refractivity contribution in [3.05, 3.63) is 108 Å². The lowest BCUT2D eigenvalue weighted by Gasteiger charge is -2.31. The first kappa shape index (κ1) is 22.0. The largest absolute Gasteiger partial charge is 0.438 e. The fourth-order valence-electron chi connectivity index (χ4n) is 4.02. The van der Waals surface area contributed by atoms with Crippen molar-refractivity contribution in [3.8, 4) is 0 Å². The molecule has 174 valence electrons. The van der Waals surface area contributed by atoms with Gasteiger partial charge in [0.15, 0.2) is 6.39 Å². The van der Waals surface area contributed by atoms with Crippen LogP contribution in [0.4, 0.5) is 5.69 Å².